The van der Waals surface area contributed by atoms with Crippen LogP contribution in [0.3, 0.4) is 0 Å². The van der Waals surface area contributed by atoms with E-state index in [-0.39, 0.29) is 5.97 Å². The average Bonchev–Trinajstić information content (AvgIpc) is 2.91. The summed E-state index contributed by atoms with van der Waals surface area (Å²) in [7, 11) is 1.62. The van der Waals surface area contributed by atoms with Crippen LogP contribution >= 0.6 is 0 Å². The zero-order valence-corrected chi connectivity index (χ0v) is 12.5. The van der Waals surface area contributed by atoms with Crippen LogP contribution in [0.25, 0.3) is 0 Å². The van der Waals surface area contributed by atoms with E-state index in [0.29, 0.717) is 24.7 Å². The van der Waals surface area contributed by atoms with Crippen LogP contribution in [0.4, 0.5) is 0 Å². The van der Waals surface area contributed by atoms with Crippen LogP contribution in [0.2, 0.25) is 0 Å². The molecule has 0 atom stereocenters. The van der Waals surface area contributed by atoms with Gasteiger partial charge in [-0.1, -0.05) is 45.1 Å². The maximum absolute atomic E-state index is 12.0. The molecule has 3 nitrogen and oxygen atoms in total. The zero-order chi connectivity index (χ0) is 13.9. The van der Waals surface area contributed by atoms with Gasteiger partial charge in [-0.15, -0.1) is 0 Å². The topological polar surface area (TPSA) is 35.5 Å². The second kappa shape index (κ2) is 10.0. The smallest absolute Gasteiger partial charge is 0.336 e. The monoisotopic (exact) mass is 268 g/mol. The molecule has 0 spiro atoms. The maximum atomic E-state index is 12.0. The standard InChI is InChI=1S/C16H28O3/c1-3-4-5-8-11-19-16(17)15(13-18-2)12-14-9-6-7-10-14/h12,14H,3-11,13H2,1-2H3. The van der Waals surface area contributed by atoms with Crippen molar-refractivity contribution in [2.45, 2.75) is 58.3 Å². The van der Waals surface area contributed by atoms with Gasteiger partial charge in [0.15, 0.2) is 0 Å². The summed E-state index contributed by atoms with van der Waals surface area (Å²) in [6.07, 6.45) is 11.5. The molecule has 0 N–H and O–H groups in total. The first-order valence-electron chi connectivity index (χ1n) is 7.64. The van der Waals surface area contributed by atoms with Crippen LogP contribution in [0.1, 0.15) is 58.3 Å². The molecule has 0 bridgehead atoms. The first kappa shape index (κ1) is 16.2. The molecule has 0 amide bonds. The third-order valence-corrected chi connectivity index (χ3v) is 3.63. The Morgan fingerprint density at radius 2 is 1.95 bits per heavy atom. The number of ether oxygens (including phenoxy) is 2. The molecule has 1 fully saturated rings. The number of esters is 1. The molecule has 1 saturated carbocycles. The van der Waals surface area contributed by atoms with Gasteiger partial charge in [-0.3, -0.25) is 0 Å². The number of unbranched alkanes of at least 4 members (excludes halogenated alkanes) is 3. The third-order valence-electron chi connectivity index (χ3n) is 3.63. The maximum Gasteiger partial charge on any atom is 0.336 e. The summed E-state index contributed by atoms with van der Waals surface area (Å²) in [5, 5.41) is 0. The van der Waals surface area contributed by atoms with Crippen molar-refractivity contribution < 1.29 is 14.3 Å². The van der Waals surface area contributed by atoms with Crippen LogP contribution in [0.15, 0.2) is 11.6 Å². The number of rotatable bonds is 9. The van der Waals surface area contributed by atoms with Crippen LogP contribution in [-0.4, -0.2) is 26.3 Å². The van der Waals surface area contributed by atoms with Crippen molar-refractivity contribution in [2.75, 3.05) is 20.3 Å². The summed E-state index contributed by atoms with van der Waals surface area (Å²) in [5.74, 6) is 0.350. The van der Waals surface area contributed by atoms with E-state index in [1.54, 1.807) is 7.11 Å². The van der Waals surface area contributed by atoms with Gasteiger partial charge in [0.1, 0.15) is 0 Å². The molecule has 0 aromatic heterocycles. The van der Waals surface area contributed by atoms with Crippen molar-refractivity contribution in [1.82, 2.24) is 0 Å². The fraction of sp³-hybridized carbons (Fsp3) is 0.812. The van der Waals surface area contributed by atoms with Crippen molar-refractivity contribution in [3.05, 3.63) is 11.6 Å². The first-order valence-corrected chi connectivity index (χ1v) is 7.64. The molecule has 0 saturated heterocycles. The van der Waals surface area contributed by atoms with E-state index in [1.807, 2.05) is 0 Å². The van der Waals surface area contributed by atoms with Gasteiger partial charge in [-0.2, -0.15) is 0 Å². The molecule has 1 rings (SSSR count). The van der Waals surface area contributed by atoms with E-state index in [0.717, 1.165) is 12.8 Å². The molecule has 0 radical (unpaired) electrons. The van der Waals surface area contributed by atoms with Gasteiger partial charge in [0.2, 0.25) is 0 Å². The number of hydrogen-bond acceptors (Lipinski definition) is 3. The Hall–Kier alpha value is -0.830. The Bertz CT molecular complexity index is 278. The van der Waals surface area contributed by atoms with Gasteiger partial charge in [0.25, 0.3) is 0 Å². The van der Waals surface area contributed by atoms with Crippen LogP contribution in [0, 0.1) is 5.92 Å². The normalized spacial score (nSPS) is 16.8. The number of methoxy groups -OCH3 is 1. The van der Waals surface area contributed by atoms with Gasteiger partial charge in [-0.05, 0) is 25.2 Å². The molecular formula is C16H28O3. The van der Waals surface area contributed by atoms with E-state index in [2.05, 4.69) is 13.0 Å². The predicted octanol–water partition coefficient (Wildman–Crippen LogP) is 3.87. The molecule has 0 aromatic carbocycles. The molecule has 0 heterocycles. The molecule has 110 valence electrons. The van der Waals surface area contributed by atoms with Crippen molar-refractivity contribution >= 4 is 5.97 Å². The molecule has 0 aliphatic heterocycles. The summed E-state index contributed by atoms with van der Waals surface area (Å²) in [4.78, 5) is 12.0. The zero-order valence-electron chi connectivity index (χ0n) is 12.5. The van der Waals surface area contributed by atoms with E-state index in [1.165, 1.54) is 38.5 Å². The molecule has 0 aromatic rings. The highest BCUT2D eigenvalue weighted by Crippen LogP contribution is 2.27. The lowest BCUT2D eigenvalue weighted by atomic mass is 10.0. The minimum Gasteiger partial charge on any atom is -0.462 e. The fourth-order valence-electron chi connectivity index (χ4n) is 2.53. The van der Waals surface area contributed by atoms with Crippen molar-refractivity contribution in [3.63, 3.8) is 0 Å². The van der Waals surface area contributed by atoms with Gasteiger partial charge in [-0.25, -0.2) is 4.79 Å². The average molecular weight is 268 g/mol. The van der Waals surface area contributed by atoms with Crippen molar-refractivity contribution in [2.24, 2.45) is 5.92 Å². The summed E-state index contributed by atoms with van der Waals surface area (Å²) < 4.78 is 10.4. The Morgan fingerprint density at radius 3 is 2.58 bits per heavy atom. The first-order chi connectivity index (χ1) is 9.27. The lowest BCUT2D eigenvalue weighted by Crippen LogP contribution is -2.14. The number of carbonyl (C=O) groups excluding carboxylic acids is 1. The second-order valence-electron chi connectivity index (χ2n) is 5.37. The van der Waals surface area contributed by atoms with Gasteiger partial charge < -0.3 is 9.47 Å². The van der Waals surface area contributed by atoms with Gasteiger partial charge >= 0.3 is 5.97 Å². The molecular weight excluding hydrogens is 240 g/mol. The number of allylic oxidation sites excluding steroid dienone is 1. The quantitative estimate of drug-likeness (QED) is 0.362. The molecule has 1 aliphatic carbocycles. The summed E-state index contributed by atoms with van der Waals surface area (Å²) in [6, 6.07) is 0. The van der Waals surface area contributed by atoms with Crippen LogP contribution in [0.5, 0.6) is 0 Å². The van der Waals surface area contributed by atoms with E-state index < -0.39 is 0 Å². The highest BCUT2D eigenvalue weighted by atomic mass is 16.5. The lowest BCUT2D eigenvalue weighted by molar-refractivity contribution is -0.139. The Morgan fingerprint density at radius 1 is 1.21 bits per heavy atom. The number of hydrogen-bond donors (Lipinski definition) is 0. The van der Waals surface area contributed by atoms with Crippen LogP contribution in [-0.2, 0) is 14.3 Å². The third kappa shape index (κ3) is 6.76. The van der Waals surface area contributed by atoms with E-state index >= 15 is 0 Å². The largest absolute Gasteiger partial charge is 0.462 e. The molecule has 0 unspecified atom stereocenters. The Kier molecular flexibility index (Phi) is 8.55. The second-order valence-corrected chi connectivity index (χ2v) is 5.37. The molecule has 19 heavy (non-hydrogen) atoms. The SMILES string of the molecule is CCCCCCOC(=O)C(=CC1CCCC1)COC. The van der Waals surface area contributed by atoms with Gasteiger partial charge in [0.05, 0.1) is 18.8 Å². The summed E-state index contributed by atoms with van der Waals surface area (Å²) >= 11 is 0. The molecule has 3 heteroatoms. The number of carbonyl (C=O) groups is 1. The fourth-order valence-corrected chi connectivity index (χ4v) is 2.53. The highest BCUT2D eigenvalue weighted by Gasteiger charge is 2.17. The molecule has 1 aliphatic rings. The van der Waals surface area contributed by atoms with E-state index in [4.69, 9.17) is 9.47 Å². The van der Waals surface area contributed by atoms with Crippen molar-refractivity contribution in [1.29, 1.82) is 0 Å². The van der Waals surface area contributed by atoms with Crippen LogP contribution < -0.4 is 0 Å². The predicted molar refractivity (Wildman–Crippen MR) is 77.0 cm³/mol. The Labute approximate surface area is 117 Å². The lowest BCUT2D eigenvalue weighted by Gasteiger charge is -2.10. The Balaban J connectivity index is 2.34. The minimum absolute atomic E-state index is 0.190. The van der Waals surface area contributed by atoms with Crippen molar-refractivity contribution in [3.8, 4) is 0 Å². The highest BCUT2D eigenvalue weighted by molar-refractivity contribution is 5.88. The summed E-state index contributed by atoms with van der Waals surface area (Å²) in [6.45, 7) is 3.07. The van der Waals surface area contributed by atoms with E-state index in [9.17, 15) is 4.79 Å². The summed E-state index contributed by atoms with van der Waals surface area (Å²) in [5.41, 5.74) is 0.699. The minimum atomic E-state index is -0.190. The van der Waals surface area contributed by atoms with Gasteiger partial charge in [0, 0.05) is 7.11 Å².